The Morgan fingerprint density at radius 2 is 1.85 bits per heavy atom. The lowest BCUT2D eigenvalue weighted by Crippen LogP contribution is -2.42. The van der Waals surface area contributed by atoms with Crippen molar-refractivity contribution in [2.75, 3.05) is 6.61 Å². The van der Waals surface area contributed by atoms with Crippen molar-refractivity contribution in [3.8, 4) is 22.8 Å². The summed E-state index contributed by atoms with van der Waals surface area (Å²) in [7, 11) is 0. The molecule has 4 rings (SSSR count). The predicted octanol–water partition coefficient (Wildman–Crippen LogP) is 4.00. The summed E-state index contributed by atoms with van der Waals surface area (Å²) in [4.78, 5) is 12.2. The van der Waals surface area contributed by atoms with Crippen LogP contribution in [-0.4, -0.2) is 24.8 Å². The lowest BCUT2D eigenvalue weighted by Gasteiger charge is -2.24. The molecule has 7 heteroatoms. The highest BCUT2D eigenvalue weighted by Gasteiger charge is 2.26. The molecule has 0 aliphatic carbocycles. The van der Waals surface area contributed by atoms with Crippen LogP contribution in [0.25, 0.3) is 11.3 Å². The molecule has 0 saturated heterocycles. The fourth-order valence-electron chi connectivity index (χ4n) is 2.57. The van der Waals surface area contributed by atoms with E-state index in [-0.39, 0.29) is 12.5 Å². The number of nitrogens with zero attached hydrogens (tertiary/aromatic N) is 1. The number of hydrazone groups is 1. The Morgan fingerprint density at radius 3 is 2.67 bits per heavy atom. The van der Waals surface area contributed by atoms with E-state index in [9.17, 15) is 4.79 Å². The number of para-hydroxylation sites is 2. The fraction of sp³-hybridized carbons (Fsp3) is 0.100. The first-order valence-electron chi connectivity index (χ1n) is 8.26. The molecule has 136 valence electrons. The number of rotatable bonds is 4. The maximum absolute atomic E-state index is 12.2. The van der Waals surface area contributed by atoms with E-state index in [1.165, 1.54) is 6.21 Å². The average Bonchev–Trinajstić information content (AvgIpc) is 3.17. The van der Waals surface area contributed by atoms with Gasteiger partial charge in [-0.2, -0.15) is 5.10 Å². The van der Waals surface area contributed by atoms with Crippen LogP contribution in [0.4, 0.5) is 0 Å². The highest BCUT2D eigenvalue weighted by molar-refractivity contribution is 9.10. The van der Waals surface area contributed by atoms with Gasteiger partial charge in [-0.3, -0.25) is 4.79 Å². The Kier molecular flexibility index (Phi) is 4.93. The second-order valence-electron chi connectivity index (χ2n) is 5.81. The van der Waals surface area contributed by atoms with E-state index in [0.29, 0.717) is 17.3 Å². The zero-order valence-electron chi connectivity index (χ0n) is 14.1. The van der Waals surface area contributed by atoms with E-state index >= 15 is 0 Å². The van der Waals surface area contributed by atoms with Crippen LogP contribution < -0.4 is 14.9 Å². The van der Waals surface area contributed by atoms with Gasteiger partial charge in [0, 0.05) is 10.0 Å². The Morgan fingerprint density at radius 1 is 1.07 bits per heavy atom. The smallest absolute Gasteiger partial charge is 0.284 e. The third kappa shape index (κ3) is 4.03. The van der Waals surface area contributed by atoms with Gasteiger partial charge in [0.05, 0.1) is 6.21 Å². The maximum atomic E-state index is 12.2. The topological polar surface area (TPSA) is 73.1 Å². The number of nitrogens with one attached hydrogen (secondary N) is 1. The van der Waals surface area contributed by atoms with Crippen LogP contribution in [-0.2, 0) is 4.79 Å². The largest absolute Gasteiger partial charge is 0.485 e. The predicted molar refractivity (Wildman–Crippen MR) is 104 cm³/mol. The molecule has 2 aromatic carbocycles. The SMILES string of the molecule is O=C(N/N=C\c1ccc(-c2ccc(Br)cc2)o1)[C@@H]1COc2ccccc2O1. The first kappa shape index (κ1) is 17.4. The Bertz CT molecular complexity index is 982. The Labute approximate surface area is 163 Å². The van der Waals surface area contributed by atoms with Gasteiger partial charge in [-0.1, -0.05) is 40.2 Å². The molecule has 2 heterocycles. The number of fused-ring (bicyclic) bond motifs is 1. The van der Waals surface area contributed by atoms with Crippen molar-refractivity contribution in [3.63, 3.8) is 0 Å². The number of carbonyl (C=O) groups excluding carboxylic acids is 1. The van der Waals surface area contributed by atoms with E-state index in [2.05, 4.69) is 26.5 Å². The third-order valence-electron chi connectivity index (χ3n) is 3.92. The summed E-state index contributed by atoms with van der Waals surface area (Å²) < 4.78 is 17.9. The number of furan rings is 1. The summed E-state index contributed by atoms with van der Waals surface area (Å²) >= 11 is 3.40. The van der Waals surface area contributed by atoms with Crippen molar-refractivity contribution in [1.29, 1.82) is 0 Å². The number of amides is 1. The summed E-state index contributed by atoms with van der Waals surface area (Å²) in [5.74, 6) is 2.02. The highest BCUT2D eigenvalue weighted by atomic mass is 79.9. The molecule has 1 aliphatic rings. The molecule has 0 bridgehead atoms. The van der Waals surface area contributed by atoms with E-state index in [4.69, 9.17) is 13.9 Å². The van der Waals surface area contributed by atoms with Gasteiger partial charge in [0.25, 0.3) is 5.91 Å². The quantitative estimate of drug-likeness (QED) is 0.505. The zero-order valence-corrected chi connectivity index (χ0v) is 15.7. The van der Waals surface area contributed by atoms with Crippen molar-refractivity contribution >= 4 is 28.1 Å². The molecule has 0 fully saturated rings. The van der Waals surface area contributed by atoms with Gasteiger partial charge in [0.15, 0.2) is 11.5 Å². The molecule has 0 radical (unpaired) electrons. The van der Waals surface area contributed by atoms with Gasteiger partial charge in [0.1, 0.15) is 18.1 Å². The molecular weight excluding hydrogens is 412 g/mol. The standard InChI is InChI=1S/C20H15BrN2O4/c21-14-7-5-13(6-8-14)16-10-9-15(26-16)11-22-23-20(24)19-12-25-17-3-1-2-4-18(17)27-19/h1-11,19H,12H2,(H,23,24)/b22-11-/t19-/m0/s1. The summed E-state index contributed by atoms with van der Waals surface area (Å²) in [6.07, 6.45) is 0.685. The first-order chi connectivity index (χ1) is 13.2. The van der Waals surface area contributed by atoms with Gasteiger partial charge in [-0.05, 0) is 36.4 Å². The second kappa shape index (κ2) is 7.67. The van der Waals surface area contributed by atoms with Crippen LogP contribution >= 0.6 is 15.9 Å². The average molecular weight is 427 g/mol. The molecule has 1 atom stereocenters. The molecule has 0 unspecified atom stereocenters. The first-order valence-corrected chi connectivity index (χ1v) is 9.05. The molecule has 1 amide bonds. The van der Waals surface area contributed by atoms with Crippen molar-refractivity contribution in [1.82, 2.24) is 5.43 Å². The molecule has 6 nitrogen and oxygen atoms in total. The van der Waals surface area contributed by atoms with Crippen LogP contribution in [0.1, 0.15) is 5.76 Å². The fourth-order valence-corrected chi connectivity index (χ4v) is 2.84. The molecule has 0 saturated carbocycles. The summed E-state index contributed by atoms with van der Waals surface area (Å²) in [5, 5.41) is 3.93. The van der Waals surface area contributed by atoms with Crippen LogP contribution in [0, 0.1) is 0 Å². The van der Waals surface area contributed by atoms with Crippen molar-refractivity contribution in [2.24, 2.45) is 5.10 Å². The lowest BCUT2D eigenvalue weighted by atomic mass is 10.2. The second-order valence-corrected chi connectivity index (χ2v) is 6.72. The number of halogens is 1. The minimum Gasteiger partial charge on any atom is -0.485 e. The normalized spacial score (nSPS) is 15.7. The molecule has 3 aromatic rings. The minimum atomic E-state index is -0.757. The Balaban J connectivity index is 1.36. The van der Waals surface area contributed by atoms with E-state index < -0.39 is 6.10 Å². The number of hydrogen-bond donors (Lipinski definition) is 1. The lowest BCUT2D eigenvalue weighted by molar-refractivity contribution is -0.130. The van der Waals surface area contributed by atoms with Crippen molar-refractivity contribution < 1.29 is 18.7 Å². The monoisotopic (exact) mass is 426 g/mol. The van der Waals surface area contributed by atoms with E-state index in [1.54, 1.807) is 18.2 Å². The van der Waals surface area contributed by atoms with Crippen LogP contribution in [0.15, 0.2) is 74.7 Å². The number of carbonyl (C=O) groups is 1. The summed E-state index contributed by atoms with van der Waals surface area (Å²) in [6.45, 7) is 0.132. The molecule has 0 spiro atoms. The maximum Gasteiger partial charge on any atom is 0.284 e. The van der Waals surface area contributed by atoms with Crippen molar-refractivity contribution in [2.45, 2.75) is 6.10 Å². The van der Waals surface area contributed by atoms with Gasteiger partial charge in [-0.25, -0.2) is 5.43 Å². The molecular formula is C20H15BrN2O4. The number of ether oxygens (including phenoxy) is 2. The van der Waals surface area contributed by atoms with Crippen LogP contribution in [0.3, 0.4) is 0 Å². The number of benzene rings is 2. The van der Waals surface area contributed by atoms with Gasteiger partial charge in [-0.15, -0.1) is 0 Å². The minimum absolute atomic E-state index is 0.132. The van der Waals surface area contributed by atoms with Gasteiger partial charge < -0.3 is 13.9 Å². The molecule has 27 heavy (non-hydrogen) atoms. The van der Waals surface area contributed by atoms with Crippen LogP contribution in [0.2, 0.25) is 0 Å². The number of hydrogen-bond acceptors (Lipinski definition) is 5. The van der Waals surface area contributed by atoms with Gasteiger partial charge >= 0.3 is 0 Å². The summed E-state index contributed by atoms with van der Waals surface area (Å²) in [6, 6.07) is 18.6. The van der Waals surface area contributed by atoms with Crippen LogP contribution in [0.5, 0.6) is 11.5 Å². The highest BCUT2D eigenvalue weighted by Crippen LogP contribution is 2.30. The summed E-state index contributed by atoms with van der Waals surface area (Å²) in [5.41, 5.74) is 3.40. The van der Waals surface area contributed by atoms with Gasteiger partial charge in [0.2, 0.25) is 6.10 Å². The molecule has 1 aromatic heterocycles. The third-order valence-corrected chi connectivity index (χ3v) is 4.45. The zero-order chi connectivity index (χ0) is 18.6. The molecule has 1 N–H and O–H groups in total. The molecule has 1 aliphatic heterocycles. The Hall–Kier alpha value is -3.06. The van der Waals surface area contributed by atoms with Crippen molar-refractivity contribution in [3.05, 3.63) is 70.9 Å². The van der Waals surface area contributed by atoms with E-state index in [0.717, 1.165) is 15.8 Å². The van der Waals surface area contributed by atoms with E-state index in [1.807, 2.05) is 42.5 Å².